The van der Waals surface area contributed by atoms with Crippen LogP contribution < -0.4 is 0 Å². The number of thiazole rings is 1. The number of hydrogen-bond donors (Lipinski definition) is 0. The van der Waals surface area contributed by atoms with Gasteiger partial charge in [0.25, 0.3) is 0 Å². The van der Waals surface area contributed by atoms with Crippen LogP contribution in [0.25, 0.3) is 22.0 Å². The average molecular weight is 479 g/mol. The second-order valence-corrected chi connectivity index (χ2v) is 11.0. The number of rotatable bonds is 6. The molecule has 4 rings (SSSR count). The molecule has 0 bridgehead atoms. The Bertz CT molecular complexity index is 1160. The van der Waals surface area contributed by atoms with E-state index in [0.29, 0.717) is 23.0 Å². The maximum atomic E-state index is 13.4. The fourth-order valence-electron chi connectivity index (χ4n) is 3.93. The van der Waals surface area contributed by atoms with Crippen LogP contribution in [0.1, 0.15) is 19.0 Å². The molecule has 0 radical (unpaired) electrons. The zero-order valence-electron chi connectivity index (χ0n) is 18.0. The minimum Gasteiger partial charge on any atom is -0.345 e. The largest absolute Gasteiger partial charge is 0.345 e. The van der Waals surface area contributed by atoms with Crippen LogP contribution in [0.15, 0.2) is 40.6 Å². The first kappa shape index (κ1) is 22.5. The van der Waals surface area contributed by atoms with E-state index in [1.165, 1.54) is 11.3 Å². The van der Waals surface area contributed by atoms with Gasteiger partial charge in [0.15, 0.2) is 0 Å². The Morgan fingerprint density at radius 2 is 1.81 bits per heavy atom. The van der Waals surface area contributed by atoms with Crippen LogP contribution in [-0.2, 0) is 17.1 Å². The van der Waals surface area contributed by atoms with Gasteiger partial charge < -0.3 is 9.47 Å². The number of nitrogens with zero attached hydrogens (tertiary/aromatic N) is 4. The Labute approximate surface area is 193 Å². The van der Waals surface area contributed by atoms with E-state index in [4.69, 9.17) is 16.6 Å². The minimum atomic E-state index is -3.54. The van der Waals surface area contributed by atoms with Crippen molar-refractivity contribution in [2.75, 3.05) is 32.7 Å². The van der Waals surface area contributed by atoms with E-state index in [0.717, 1.165) is 53.7 Å². The number of piperazine rings is 1. The van der Waals surface area contributed by atoms with Gasteiger partial charge in [-0.25, -0.2) is 13.4 Å². The Kier molecular flexibility index (Phi) is 6.55. The molecule has 0 unspecified atom stereocenters. The van der Waals surface area contributed by atoms with Crippen LogP contribution >= 0.6 is 22.9 Å². The van der Waals surface area contributed by atoms with Gasteiger partial charge in [-0.3, -0.25) is 0 Å². The second-order valence-electron chi connectivity index (χ2n) is 7.83. The summed E-state index contributed by atoms with van der Waals surface area (Å²) < 4.78 is 30.3. The van der Waals surface area contributed by atoms with Gasteiger partial charge in [-0.15, -0.1) is 11.3 Å². The molecule has 3 aromatic rings. The van der Waals surface area contributed by atoms with E-state index in [9.17, 15) is 8.42 Å². The molecule has 0 atom stereocenters. The summed E-state index contributed by atoms with van der Waals surface area (Å²) in [6.45, 7) is 7.65. The lowest BCUT2D eigenvalue weighted by Crippen LogP contribution is -2.48. The van der Waals surface area contributed by atoms with Gasteiger partial charge >= 0.3 is 0 Å². The normalized spacial score (nSPS) is 16.1. The molecule has 1 fully saturated rings. The van der Waals surface area contributed by atoms with Crippen molar-refractivity contribution in [3.05, 3.63) is 46.4 Å². The summed E-state index contributed by atoms with van der Waals surface area (Å²) in [5.74, 6) is 0. The topological polar surface area (TPSA) is 58.4 Å². The number of sulfonamides is 1. The summed E-state index contributed by atoms with van der Waals surface area (Å²) in [7, 11) is -1.65. The van der Waals surface area contributed by atoms with Gasteiger partial charge in [-0.05, 0) is 38.1 Å². The molecule has 0 aliphatic carbocycles. The molecule has 0 saturated carbocycles. The summed E-state index contributed by atoms with van der Waals surface area (Å²) in [6.07, 6.45) is 1.08. The summed E-state index contributed by atoms with van der Waals surface area (Å²) in [6, 6.07) is 9.32. The van der Waals surface area contributed by atoms with Crippen molar-refractivity contribution in [3.63, 3.8) is 0 Å². The van der Waals surface area contributed by atoms with E-state index in [1.807, 2.05) is 48.2 Å². The van der Waals surface area contributed by atoms with Gasteiger partial charge in [0.05, 0.1) is 11.4 Å². The van der Waals surface area contributed by atoms with E-state index in [1.54, 1.807) is 10.4 Å². The van der Waals surface area contributed by atoms with Crippen LogP contribution in [0.3, 0.4) is 0 Å². The fourth-order valence-corrected chi connectivity index (χ4v) is 6.63. The molecule has 166 valence electrons. The highest BCUT2D eigenvalue weighted by Gasteiger charge is 2.31. The lowest BCUT2D eigenvalue weighted by Gasteiger charge is -2.33. The molecule has 9 heteroatoms. The van der Waals surface area contributed by atoms with Gasteiger partial charge in [-0.2, -0.15) is 4.31 Å². The Hall–Kier alpha value is -1.71. The lowest BCUT2D eigenvalue weighted by molar-refractivity contribution is 0.188. The van der Waals surface area contributed by atoms with E-state index < -0.39 is 10.0 Å². The van der Waals surface area contributed by atoms with Gasteiger partial charge in [0.2, 0.25) is 10.0 Å². The van der Waals surface area contributed by atoms with Crippen LogP contribution in [0.2, 0.25) is 5.02 Å². The molecule has 0 spiro atoms. The summed E-state index contributed by atoms with van der Waals surface area (Å²) >= 11 is 7.50. The Morgan fingerprint density at radius 3 is 2.45 bits per heavy atom. The minimum absolute atomic E-state index is 0.372. The molecule has 1 aliphatic heterocycles. The van der Waals surface area contributed by atoms with Crippen molar-refractivity contribution in [1.29, 1.82) is 0 Å². The van der Waals surface area contributed by atoms with Gasteiger partial charge in [0.1, 0.15) is 9.90 Å². The standard InChI is InChI=1S/C22H27ClN4O2S2/c1-4-9-26-10-12-27(13-11-26)31(28,29)21-14-20(25(3)16(21)2)22-24-19(15-30-22)17-5-7-18(23)8-6-17/h5-8,14-15H,4,9-13H2,1-3H3. The third-order valence-corrected chi connectivity index (χ3v) is 8.97. The number of hydrogen-bond acceptors (Lipinski definition) is 5. The van der Waals surface area contributed by atoms with E-state index in [-0.39, 0.29) is 0 Å². The second kappa shape index (κ2) is 9.03. The van der Waals surface area contributed by atoms with Crippen molar-refractivity contribution in [2.24, 2.45) is 7.05 Å². The zero-order valence-corrected chi connectivity index (χ0v) is 20.4. The molecule has 0 N–H and O–H groups in total. The first-order valence-corrected chi connectivity index (χ1v) is 13.1. The number of aromatic nitrogens is 2. The first-order chi connectivity index (χ1) is 14.8. The van der Waals surface area contributed by atoms with Crippen LogP contribution in [-0.4, -0.2) is 59.9 Å². The molecule has 2 aromatic heterocycles. The maximum Gasteiger partial charge on any atom is 0.244 e. The van der Waals surface area contributed by atoms with Crippen molar-refractivity contribution >= 4 is 33.0 Å². The highest BCUT2D eigenvalue weighted by molar-refractivity contribution is 7.89. The monoisotopic (exact) mass is 478 g/mol. The van der Waals surface area contributed by atoms with E-state index >= 15 is 0 Å². The molecule has 1 aromatic carbocycles. The van der Waals surface area contributed by atoms with Crippen LogP contribution in [0.5, 0.6) is 0 Å². The van der Waals surface area contributed by atoms with Crippen LogP contribution in [0, 0.1) is 6.92 Å². The highest BCUT2D eigenvalue weighted by Crippen LogP contribution is 2.34. The maximum absolute atomic E-state index is 13.4. The van der Waals surface area contributed by atoms with Gasteiger partial charge in [0, 0.05) is 54.9 Å². The molecule has 31 heavy (non-hydrogen) atoms. The zero-order chi connectivity index (χ0) is 22.2. The fraction of sp³-hybridized carbons (Fsp3) is 0.409. The van der Waals surface area contributed by atoms with Crippen LogP contribution in [0.4, 0.5) is 0 Å². The molecule has 3 heterocycles. The average Bonchev–Trinajstić information content (AvgIpc) is 3.35. The molecule has 1 saturated heterocycles. The molecule has 6 nitrogen and oxygen atoms in total. The quantitative estimate of drug-likeness (QED) is 0.523. The first-order valence-electron chi connectivity index (χ1n) is 10.4. The van der Waals surface area contributed by atoms with Crippen molar-refractivity contribution < 1.29 is 8.42 Å². The lowest BCUT2D eigenvalue weighted by atomic mass is 10.2. The Morgan fingerprint density at radius 1 is 1.13 bits per heavy atom. The molecule has 0 amide bonds. The smallest absolute Gasteiger partial charge is 0.244 e. The molecule has 1 aliphatic rings. The Balaban J connectivity index is 1.61. The molecular formula is C22H27ClN4O2S2. The third-order valence-electron chi connectivity index (χ3n) is 5.84. The number of halogens is 1. The summed E-state index contributed by atoms with van der Waals surface area (Å²) in [5.41, 5.74) is 3.38. The van der Waals surface area contributed by atoms with Crippen molar-refractivity contribution in [1.82, 2.24) is 18.8 Å². The van der Waals surface area contributed by atoms with Crippen molar-refractivity contribution in [3.8, 4) is 22.0 Å². The number of benzene rings is 1. The van der Waals surface area contributed by atoms with Gasteiger partial charge in [-0.1, -0.05) is 30.7 Å². The predicted molar refractivity (Wildman–Crippen MR) is 127 cm³/mol. The molecular weight excluding hydrogens is 452 g/mol. The van der Waals surface area contributed by atoms with Crippen molar-refractivity contribution in [2.45, 2.75) is 25.2 Å². The van der Waals surface area contributed by atoms with E-state index in [2.05, 4.69) is 11.8 Å². The summed E-state index contributed by atoms with van der Waals surface area (Å²) in [4.78, 5) is 7.46. The highest BCUT2D eigenvalue weighted by atomic mass is 35.5. The third kappa shape index (κ3) is 4.45. The summed E-state index contributed by atoms with van der Waals surface area (Å²) in [5, 5.41) is 3.47. The predicted octanol–water partition coefficient (Wildman–Crippen LogP) is 4.49. The SMILES string of the molecule is CCCN1CCN(S(=O)(=O)c2cc(-c3nc(-c4ccc(Cl)cc4)cs3)n(C)c2C)CC1.